The number of nitrogens with one attached hydrogen (secondary N) is 1. The van der Waals surface area contributed by atoms with Crippen molar-refractivity contribution in [2.45, 2.75) is 32.9 Å². The van der Waals surface area contributed by atoms with Gasteiger partial charge in [0.25, 0.3) is 5.91 Å². The minimum Gasteiger partial charge on any atom is -0.356 e. The zero-order chi connectivity index (χ0) is 14.5. The van der Waals surface area contributed by atoms with Crippen molar-refractivity contribution in [3.05, 3.63) is 58.3 Å². The van der Waals surface area contributed by atoms with Crippen LogP contribution in [-0.4, -0.2) is 21.8 Å². The Balaban J connectivity index is 2.21. The molecule has 0 saturated carbocycles. The lowest BCUT2D eigenvalue weighted by molar-refractivity contribution is 0.0666. The molecule has 2 aromatic rings. The normalized spacial score (nSPS) is 12.2. The highest BCUT2D eigenvalue weighted by molar-refractivity contribution is 9.10. The zero-order valence-corrected chi connectivity index (χ0v) is 13.4. The lowest BCUT2D eigenvalue weighted by Crippen LogP contribution is -2.37. The zero-order valence-electron chi connectivity index (χ0n) is 11.8. The quantitative estimate of drug-likeness (QED) is 0.873. The summed E-state index contributed by atoms with van der Waals surface area (Å²) in [6.07, 6.45) is 2.71. The number of aromatic nitrogens is 1. The van der Waals surface area contributed by atoms with Crippen LogP contribution in [0.5, 0.6) is 0 Å². The number of carbonyl (C=O) groups excluding carboxylic acids is 1. The lowest BCUT2D eigenvalue weighted by Gasteiger charge is -2.28. The average molecular weight is 335 g/mol. The standard InChI is InChI=1S/C16H19BrN2O/c1-3-12(2)19(11-13-7-5-4-6-8-13)16(20)15-9-14(17)10-18-15/h4-10,12,18H,3,11H2,1-2H3/t12-/m0/s1. The van der Waals surface area contributed by atoms with Crippen LogP contribution >= 0.6 is 15.9 Å². The van der Waals surface area contributed by atoms with Crippen LogP contribution in [0.1, 0.15) is 36.3 Å². The Hall–Kier alpha value is -1.55. The summed E-state index contributed by atoms with van der Waals surface area (Å²) < 4.78 is 0.893. The molecule has 2 rings (SSSR count). The van der Waals surface area contributed by atoms with Gasteiger partial charge < -0.3 is 9.88 Å². The second-order valence-electron chi connectivity index (χ2n) is 4.91. The molecule has 0 unspecified atom stereocenters. The molecule has 106 valence electrons. The van der Waals surface area contributed by atoms with Crippen LogP contribution < -0.4 is 0 Å². The van der Waals surface area contributed by atoms with Crippen LogP contribution in [0.2, 0.25) is 0 Å². The molecular formula is C16H19BrN2O. The van der Waals surface area contributed by atoms with Crippen molar-refractivity contribution in [1.82, 2.24) is 9.88 Å². The maximum Gasteiger partial charge on any atom is 0.270 e. The van der Waals surface area contributed by atoms with E-state index in [-0.39, 0.29) is 11.9 Å². The van der Waals surface area contributed by atoms with Gasteiger partial charge in [0.05, 0.1) is 0 Å². The Morgan fingerprint density at radius 1 is 1.35 bits per heavy atom. The number of hydrogen-bond donors (Lipinski definition) is 1. The molecule has 0 aliphatic carbocycles. The minimum absolute atomic E-state index is 0.0360. The van der Waals surface area contributed by atoms with Gasteiger partial charge in [0, 0.05) is 23.3 Å². The summed E-state index contributed by atoms with van der Waals surface area (Å²) in [6, 6.07) is 12.1. The van der Waals surface area contributed by atoms with Crippen LogP contribution in [0.4, 0.5) is 0 Å². The Bertz CT molecular complexity index is 565. The van der Waals surface area contributed by atoms with E-state index in [0.717, 1.165) is 16.5 Å². The first-order chi connectivity index (χ1) is 9.61. The van der Waals surface area contributed by atoms with E-state index >= 15 is 0 Å². The van der Waals surface area contributed by atoms with Gasteiger partial charge in [-0.05, 0) is 40.9 Å². The summed E-state index contributed by atoms with van der Waals surface area (Å²) in [6.45, 7) is 4.81. The van der Waals surface area contributed by atoms with Crippen LogP contribution in [-0.2, 0) is 6.54 Å². The van der Waals surface area contributed by atoms with E-state index in [1.54, 1.807) is 6.20 Å². The second-order valence-corrected chi connectivity index (χ2v) is 5.82. The molecule has 0 radical (unpaired) electrons. The number of hydrogen-bond acceptors (Lipinski definition) is 1. The number of H-pyrrole nitrogens is 1. The molecule has 0 saturated heterocycles. The third-order valence-electron chi connectivity index (χ3n) is 3.46. The first kappa shape index (κ1) is 14.9. The third-order valence-corrected chi connectivity index (χ3v) is 3.92. The molecule has 20 heavy (non-hydrogen) atoms. The number of rotatable bonds is 5. The Morgan fingerprint density at radius 2 is 2.05 bits per heavy atom. The van der Waals surface area contributed by atoms with Crippen LogP contribution in [0.3, 0.4) is 0 Å². The summed E-state index contributed by atoms with van der Waals surface area (Å²) in [5, 5.41) is 0. The van der Waals surface area contributed by atoms with Crippen LogP contribution in [0.25, 0.3) is 0 Å². The van der Waals surface area contributed by atoms with Gasteiger partial charge in [0.15, 0.2) is 0 Å². The van der Waals surface area contributed by atoms with Gasteiger partial charge in [0.2, 0.25) is 0 Å². The van der Waals surface area contributed by atoms with Crippen molar-refractivity contribution in [3.63, 3.8) is 0 Å². The first-order valence-electron chi connectivity index (χ1n) is 6.80. The van der Waals surface area contributed by atoms with Crippen molar-refractivity contribution >= 4 is 21.8 Å². The molecule has 0 spiro atoms. The molecular weight excluding hydrogens is 316 g/mol. The van der Waals surface area contributed by atoms with Crippen molar-refractivity contribution < 1.29 is 4.79 Å². The van der Waals surface area contributed by atoms with E-state index in [1.165, 1.54) is 0 Å². The maximum absolute atomic E-state index is 12.6. The molecule has 0 aliphatic heterocycles. The van der Waals surface area contributed by atoms with Gasteiger partial charge in [-0.2, -0.15) is 0 Å². The summed E-state index contributed by atoms with van der Waals surface area (Å²) >= 11 is 3.37. The highest BCUT2D eigenvalue weighted by Gasteiger charge is 2.21. The molecule has 1 aromatic heterocycles. The average Bonchev–Trinajstić information content (AvgIpc) is 2.91. The van der Waals surface area contributed by atoms with Crippen LogP contribution in [0, 0.1) is 0 Å². The van der Waals surface area contributed by atoms with Gasteiger partial charge >= 0.3 is 0 Å². The second kappa shape index (κ2) is 6.75. The molecule has 3 nitrogen and oxygen atoms in total. The monoisotopic (exact) mass is 334 g/mol. The van der Waals surface area contributed by atoms with Crippen molar-refractivity contribution in [2.24, 2.45) is 0 Å². The van der Waals surface area contributed by atoms with Gasteiger partial charge in [-0.3, -0.25) is 4.79 Å². The van der Waals surface area contributed by atoms with Gasteiger partial charge in [-0.15, -0.1) is 0 Å². The molecule has 1 heterocycles. The topological polar surface area (TPSA) is 36.1 Å². The van der Waals surface area contributed by atoms with E-state index in [4.69, 9.17) is 0 Å². The van der Waals surface area contributed by atoms with E-state index in [2.05, 4.69) is 34.8 Å². The van der Waals surface area contributed by atoms with Crippen molar-refractivity contribution in [1.29, 1.82) is 0 Å². The fourth-order valence-corrected chi connectivity index (χ4v) is 2.42. The summed E-state index contributed by atoms with van der Waals surface area (Å²) in [5.74, 6) is 0.0360. The smallest absolute Gasteiger partial charge is 0.270 e. The number of halogens is 1. The first-order valence-corrected chi connectivity index (χ1v) is 7.60. The molecule has 1 N–H and O–H groups in total. The fraction of sp³-hybridized carbons (Fsp3) is 0.312. The SMILES string of the molecule is CC[C@H](C)N(Cc1ccccc1)C(=O)c1cc(Br)c[nH]1. The van der Waals surface area contributed by atoms with Gasteiger partial charge in [-0.25, -0.2) is 0 Å². The molecule has 1 atom stereocenters. The highest BCUT2D eigenvalue weighted by atomic mass is 79.9. The molecule has 4 heteroatoms. The molecule has 0 bridgehead atoms. The predicted molar refractivity (Wildman–Crippen MR) is 84.6 cm³/mol. The Labute approximate surface area is 128 Å². The minimum atomic E-state index is 0.0360. The lowest BCUT2D eigenvalue weighted by atomic mass is 10.1. The van der Waals surface area contributed by atoms with Gasteiger partial charge in [0.1, 0.15) is 5.69 Å². The van der Waals surface area contributed by atoms with Crippen LogP contribution in [0.15, 0.2) is 47.1 Å². The highest BCUT2D eigenvalue weighted by Crippen LogP contribution is 2.17. The number of amides is 1. The number of nitrogens with zero attached hydrogens (tertiary/aromatic N) is 1. The fourth-order valence-electron chi connectivity index (χ4n) is 2.07. The number of aromatic amines is 1. The molecule has 0 aliphatic rings. The summed E-state index contributed by atoms with van der Waals surface area (Å²) in [5.41, 5.74) is 1.76. The van der Waals surface area contributed by atoms with E-state index in [1.807, 2.05) is 41.3 Å². The molecule has 1 aromatic carbocycles. The van der Waals surface area contributed by atoms with Crippen molar-refractivity contribution in [2.75, 3.05) is 0 Å². The molecule has 1 amide bonds. The number of benzene rings is 1. The summed E-state index contributed by atoms with van der Waals surface area (Å²) in [4.78, 5) is 17.6. The van der Waals surface area contributed by atoms with Crippen molar-refractivity contribution in [3.8, 4) is 0 Å². The third kappa shape index (κ3) is 3.51. The molecule has 0 fully saturated rings. The number of carbonyl (C=O) groups is 1. The predicted octanol–water partition coefficient (Wildman–Crippen LogP) is 4.22. The van der Waals surface area contributed by atoms with E-state index < -0.39 is 0 Å². The van der Waals surface area contributed by atoms with E-state index in [0.29, 0.717) is 12.2 Å². The largest absolute Gasteiger partial charge is 0.356 e. The van der Waals surface area contributed by atoms with Gasteiger partial charge in [-0.1, -0.05) is 37.3 Å². The Kier molecular flexibility index (Phi) is 5.01. The maximum atomic E-state index is 12.6. The summed E-state index contributed by atoms with van der Waals surface area (Å²) in [7, 11) is 0. The Morgan fingerprint density at radius 3 is 2.60 bits per heavy atom. The van der Waals surface area contributed by atoms with E-state index in [9.17, 15) is 4.79 Å².